The molecule has 5 heteroatoms. The van der Waals surface area contributed by atoms with E-state index < -0.39 is 5.97 Å². The van der Waals surface area contributed by atoms with E-state index in [9.17, 15) is 4.79 Å². The van der Waals surface area contributed by atoms with Gasteiger partial charge in [0.25, 0.3) is 0 Å². The van der Waals surface area contributed by atoms with Gasteiger partial charge in [0.1, 0.15) is 0 Å². The Morgan fingerprint density at radius 3 is 3.00 bits per heavy atom. The quantitative estimate of drug-likeness (QED) is 0.873. The Balaban J connectivity index is 2.16. The summed E-state index contributed by atoms with van der Waals surface area (Å²) in [6.07, 6.45) is 1.80. The molecule has 1 heterocycles. The highest BCUT2D eigenvalue weighted by molar-refractivity contribution is 7.09. The van der Waals surface area contributed by atoms with E-state index in [1.165, 1.54) is 0 Å². The predicted molar refractivity (Wildman–Crippen MR) is 67.6 cm³/mol. The van der Waals surface area contributed by atoms with Crippen molar-refractivity contribution < 1.29 is 9.90 Å². The molecule has 0 amide bonds. The van der Waals surface area contributed by atoms with Crippen molar-refractivity contribution in [1.29, 1.82) is 0 Å². The van der Waals surface area contributed by atoms with Gasteiger partial charge in [-0.15, -0.1) is 11.3 Å². The molecule has 0 bridgehead atoms. The van der Waals surface area contributed by atoms with Gasteiger partial charge >= 0.3 is 5.97 Å². The van der Waals surface area contributed by atoms with Crippen LogP contribution in [-0.2, 0) is 6.54 Å². The van der Waals surface area contributed by atoms with Crippen LogP contribution in [0.2, 0.25) is 0 Å². The summed E-state index contributed by atoms with van der Waals surface area (Å²) in [6.45, 7) is 2.47. The minimum Gasteiger partial charge on any atom is -0.478 e. The average molecular weight is 248 g/mol. The van der Waals surface area contributed by atoms with Crippen molar-refractivity contribution in [3.05, 3.63) is 45.9 Å². The Labute approximate surface area is 103 Å². The summed E-state index contributed by atoms with van der Waals surface area (Å²) < 4.78 is 0. The van der Waals surface area contributed by atoms with Crippen LogP contribution in [0.25, 0.3) is 0 Å². The van der Waals surface area contributed by atoms with Crippen molar-refractivity contribution in [2.45, 2.75) is 13.5 Å². The SMILES string of the molecule is Cc1c(NCc2cncs2)cccc1C(=O)O. The molecule has 0 aliphatic rings. The molecule has 4 nitrogen and oxygen atoms in total. The van der Waals surface area contributed by atoms with E-state index in [-0.39, 0.29) is 0 Å². The minimum absolute atomic E-state index is 0.333. The molecule has 1 aromatic heterocycles. The molecule has 0 spiro atoms. The second-order valence-corrected chi connectivity index (χ2v) is 4.58. The number of nitrogens with one attached hydrogen (secondary N) is 1. The van der Waals surface area contributed by atoms with E-state index in [4.69, 9.17) is 5.11 Å². The van der Waals surface area contributed by atoms with Gasteiger partial charge in [-0.25, -0.2) is 4.79 Å². The van der Waals surface area contributed by atoms with Crippen LogP contribution in [0, 0.1) is 6.92 Å². The summed E-state index contributed by atoms with van der Waals surface area (Å²) >= 11 is 1.57. The lowest BCUT2D eigenvalue weighted by Crippen LogP contribution is -2.05. The third kappa shape index (κ3) is 2.62. The Bertz CT molecular complexity index is 523. The normalized spacial score (nSPS) is 10.2. The minimum atomic E-state index is -0.899. The zero-order chi connectivity index (χ0) is 12.3. The molecule has 0 atom stereocenters. The smallest absolute Gasteiger partial charge is 0.336 e. The molecule has 0 radical (unpaired) electrons. The van der Waals surface area contributed by atoms with E-state index in [1.807, 2.05) is 6.07 Å². The monoisotopic (exact) mass is 248 g/mol. The summed E-state index contributed by atoms with van der Waals surface area (Å²) in [5, 5.41) is 12.2. The molecule has 0 saturated carbocycles. The number of benzene rings is 1. The van der Waals surface area contributed by atoms with E-state index >= 15 is 0 Å². The van der Waals surface area contributed by atoms with Crippen LogP contribution in [0.15, 0.2) is 29.9 Å². The van der Waals surface area contributed by atoms with Crippen LogP contribution in [0.5, 0.6) is 0 Å². The Kier molecular flexibility index (Phi) is 3.39. The number of carbonyl (C=O) groups is 1. The van der Waals surface area contributed by atoms with Gasteiger partial charge in [0.05, 0.1) is 17.6 Å². The van der Waals surface area contributed by atoms with Crippen molar-refractivity contribution in [3.63, 3.8) is 0 Å². The number of hydrogen-bond donors (Lipinski definition) is 2. The molecular weight excluding hydrogens is 236 g/mol. The standard InChI is InChI=1S/C12H12N2O2S/c1-8-10(12(15)16)3-2-4-11(8)14-6-9-5-13-7-17-9/h2-5,7,14H,6H2,1H3,(H,15,16). The Hall–Kier alpha value is -1.88. The molecule has 0 aliphatic carbocycles. The number of carboxylic acid groups (broad SMARTS) is 1. The van der Waals surface area contributed by atoms with Crippen molar-refractivity contribution in [3.8, 4) is 0 Å². The van der Waals surface area contributed by atoms with Crippen LogP contribution in [-0.4, -0.2) is 16.1 Å². The number of nitrogens with zero attached hydrogens (tertiary/aromatic N) is 1. The zero-order valence-corrected chi connectivity index (χ0v) is 10.1. The van der Waals surface area contributed by atoms with Gasteiger partial charge in [0.2, 0.25) is 0 Å². The summed E-state index contributed by atoms with van der Waals surface area (Å²) in [6, 6.07) is 5.23. The third-order valence-electron chi connectivity index (χ3n) is 2.50. The summed E-state index contributed by atoms with van der Waals surface area (Å²) in [4.78, 5) is 16.1. The highest BCUT2D eigenvalue weighted by Gasteiger charge is 2.09. The Morgan fingerprint density at radius 2 is 2.35 bits per heavy atom. The number of carboxylic acids is 1. The second kappa shape index (κ2) is 4.97. The molecule has 0 aliphatic heterocycles. The van der Waals surface area contributed by atoms with Crippen molar-refractivity contribution >= 4 is 23.0 Å². The molecule has 2 N–H and O–H groups in total. The maximum atomic E-state index is 11.0. The molecule has 88 valence electrons. The number of aromatic nitrogens is 1. The van der Waals surface area contributed by atoms with Gasteiger partial charge in [-0.05, 0) is 24.6 Å². The molecule has 2 aromatic rings. The largest absolute Gasteiger partial charge is 0.478 e. The van der Waals surface area contributed by atoms with E-state index in [1.54, 1.807) is 42.1 Å². The third-order valence-corrected chi connectivity index (χ3v) is 3.28. The second-order valence-electron chi connectivity index (χ2n) is 3.60. The first kappa shape index (κ1) is 11.6. The van der Waals surface area contributed by atoms with Gasteiger partial charge < -0.3 is 10.4 Å². The molecule has 0 unspecified atom stereocenters. The van der Waals surface area contributed by atoms with Gasteiger partial charge in [-0.1, -0.05) is 6.07 Å². The molecule has 0 saturated heterocycles. The molecule has 2 rings (SSSR count). The van der Waals surface area contributed by atoms with Crippen molar-refractivity contribution in [1.82, 2.24) is 4.98 Å². The molecule has 17 heavy (non-hydrogen) atoms. The molecular formula is C12H12N2O2S. The lowest BCUT2D eigenvalue weighted by Gasteiger charge is -2.10. The highest BCUT2D eigenvalue weighted by Crippen LogP contribution is 2.20. The van der Waals surface area contributed by atoms with Crippen LogP contribution in [0.1, 0.15) is 20.8 Å². The fraction of sp³-hybridized carbons (Fsp3) is 0.167. The lowest BCUT2D eigenvalue weighted by atomic mass is 10.1. The number of thiazole rings is 1. The maximum absolute atomic E-state index is 11.0. The van der Waals surface area contributed by atoms with Gasteiger partial charge in [0, 0.05) is 16.8 Å². The van der Waals surface area contributed by atoms with E-state index in [0.717, 1.165) is 16.1 Å². The maximum Gasteiger partial charge on any atom is 0.336 e. The van der Waals surface area contributed by atoms with E-state index in [2.05, 4.69) is 10.3 Å². The summed E-state index contributed by atoms with van der Waals surface area (Å²) in [7, 11) is 0. The summed E-state index contributed by atoms with van der Waals surface area (Å²) in [5.74, 6) is -0.899. The summed E-state index contributed by atoms with van der Waals surface area (Å²) in [5.41, 5.74) is 3.71. The van der Waals surface area contributed by atoms with Gasteiger partial charge in [-0.2, -0.15) is 0 Å². The number of aromatic carboxylic acids is 1. The number of hydrogen-bond acceptors (Lipinski definition) is 4. The molecule has 0 fully saturated rings. The van der Waals surface area contributed by atoms with Crippen LogP contribution in [0.4, 0.5) is 5.69 Å². The average Bonchev–Trinajstić information content (AvgIpc) is 2.80. The van der Waals surface area contributed by atoms with Crippen molar-refractivity contribution in [2.24, 2.45) is 0 Å². The van der Waals surface area contributed by atoms with Gasteiger partial charge in [-0.3, -0.25) is 4.98 Å². The molecule has 1 aromatic carbocycles. The fourth-order valence-electron chi connectivity index (χ4n) is 1.57. The fourth-order valence-corrected chi connectivity index (χ4v) is 2.10. The number of rotatable bonds is 4. The first-order chi connectivity index (χ1) is 8.18. The Morgan fingerprint density at radius 1 is 1.53 bits per heavy atom. The van der Waals surface area contributed by atoms with Crippen LogP contribution >= 0.6 is 11.3 Å². The van der Waals surface area contributed by atoms with E-state index in [0.29, 0.717) is 12.1 Å². The highest BCUT2D eigenvalue weighted by atomic mass is 32.1. The van der Waals surface area contributed by atoms with Crippen molar-refractivity contribution in [2.75, 3.05) is 5.32 Å². The van der Waals surface area contributed by atoms with Crippen LogP contribution < -0.4 is 5.32 Å². The van der Waals surface area contributed by atoms with Gasteiger partial charge in [0.15, 0.2) is 0 Å². The number of anilines is 1. The zero-order valence-electron chi connectivity index (χ0n) is 9.30. The first-order valence-electron chi connectivity index (χ1n) is 5.12. The lowest BCUT2D eigenvalue weighted by molar-refractivity contribution is 0.0696. The van der Waals surface area contributed by atoms with Crippen LogP contribution in [0.3, 0.4) is 0 Å². The topological polar surface area (TPSA) is 62.2 Å². The predicted octanol–water partition coefficient (Wildman–Crippen LogP) is 2.76. The first-order valence-corrected chi connectivity index (χ1v) is 6.00.